The lowest BCUT2D eigenvalue weighted by atomic mass is 10.1. The molecule has 1 amide bonds. The quantitative estimate of drug-likeness (QED) is 0.489. The molecular weight excluding hydrogens is 346 g/mol. The number of nitrogens with zero attached hydrogens (tertiary/aromatic N) is 2. The molecule has 1 aliphatic heterocycles. The van der Waals surface area contributed by atoms with Gasteiger partial charge in [-0.1, -0.05) is 11.8 Å². The van der Waals surface area contributed by atoms with Crippen LogP contribution >= 0.6 is 11.8 Å². The van der Waals surface area contributed by atoms with Gasteiger partial charge in [-0.05, 0) is 31.5 Å². The zero-order valence-electron chi connectivity index (χ0n) is 13.9. The minimum atomic E-state index is -0.583. The summed E-state index contributed by atoms with van der Waals surface area (Å²) in [6.45, 7) is 4.95. The van der Waals surface area contributed by atoms with E-state index in [1.54, 1.807) is 26.0 Å². The molecule has 0 saturated carbocycles. The fourth-order valence-corrected chi connectivity index (χ4v) is 3.51. The van der Waals surface area contributed by atoms with Crippen molar-refractivity contribution < 1.29 is 19.2 Å². The highest BCUT2D eigenvalue weighted by molar-refractivity contribution is 8.09. The van der Waals surface area contributed by atoms with Gasteiger partial charge in [-0.15, -0.1) is 0 Å². The van der Waals surface area contributed by atoms with Crippen LogP contribution in [0.2, 0.25) is 0 Å². The summed E-state index contributed by atoms with van der Waals surface area (Å²) in [6, 6.07) is 5.84. The van der Waals surface area contributed by atoms with Crippen LogP contribution in [0.3, 0.4) is 0 Å². The Morgan fingerprint density at radius 1 is 1.36 bits per heavy atom. The average Bonchev–Trinajstić information content (AvgIpc) is 2.53. The van der Waals surface area contributed by atoms with E-state index in [0.29, 0.717) is 21.8 Å². The Hall–Kier alpha value is -2.68. The number of nitro groups is 1. The normalized spacial score (nSPS) is 16.9. The predicted molar refractivity (Wildman–Crippen MR) is 95.0 cm³/mol. The van der Waals surface area contributed by atoms with Gasteiger partial charge in [0.25, 0.3) is 5.69 Å². The number of aliphatic imine (C=N–C) groups is 1. The van der Waals surface area contributed by atoms with Gasteiger partial charge in [-0.25, -0.2) is 4.79 Å². The first-order valence-corrected chi connectivity index (χ1v) is 8.36. The van der Waals surface area contributed by atoms with E-state index in [4.69, 9.17) is 4.74 Å². The molecule has 8 nitrogen and oxygen atoms in total. The van der Waals surface area contributed by atoms with Gasteiger partial charge < -0.3 is 10.1 Å². The molecule has 1 aromatic rings. The molecule has 1 aliphatic rings. The van der Waals surface area contributed by atoms with Crippen LogP contribution in [0.4, 0.5) is 5.69 Å². The minimum Gasteiger partial charge on any atom is -0.462 e. The van der Waals surface area contributed by atoms with E-state index >= 15 is 0 Å². The predicted octanol–water partition coefficient (Wildman–Crippen LogP) is 2.50. The lowest BCUT2D eigenvalue weighted by molar-refractivity contribution is -0.384. The third-order valence-corrected chi connectivity index (χ3v) is 4.40. The Morgan fingerprint density at radius 3 is 2.52 bits per heavy atom. The van der Waals surface area contributed by atoms with E-state index in [9.17, 15) is 19.7 Å². The lowest BCUT2D eigenvalue weighted by Crippen LogP contribution is -2.32. The van der Waals surface area contributed by atoms with E-state index in [1.807, 2.05) is 0 Å². The maximum atomic E-state index is 12.3. The minimum absolute atomic E-state index is 0.0494. The molecule has 0 aromatic heterocycles. The van der Waals surface area contributed by atoms with Crippen molar-refractivity contribution in [2.24, 2.45) is 4.99 Å². The topological polar surface area (TPSA) is 111 Å². The van der Waals surface area contributed by atoms with Crippen molar-refractivity contribution in [3.05, 3.63) is 45.5 Å². The first kappa shape index (κ1) is 18.7. The number of esters is 1. The number of carbonyl (C=O) groups is 2. The van der Waals surface area contributed by atoms with Crippen molar-refractivity contribution in [2.45, 2.75) is 26.3 Å². The maximum absolute atomic E-state index is 12.3. The SMILES string of the molecule is CCOC(=O)C1=C(c2ccc([N+](=O)[O-])cc2)SC(NC(C)=O)N=C1C. The summed E-state index contributed by atoms with van der Waals surface area (Å²) in [5.74, 6) is -0.775. The third kappa shape index (κ3) is 4.44. The van der Waals surface area contributed by atoms with Crippen LogP contribution in [-0.4, -0.2) is 34.6 Å². The van der Waals surface area contributed by atoms with Crippen molar-refractivity contribution >= 4 is 39.9 Å². The first-order chi connectivity index (χ1) is 11.8. The Kier molecular flexibility index (Phi) is 5.92. The number of ether oxygens (including phenoxy) is 1. The fraction of sp³-hybridized carbons (Fsp3) is 0.312. The second kappa shape index (κ2) is 7.93. The van der Waals surface area contributed by atoms with Crippen molar-refractivity contribution in [2.75, 3.05) is 6.61 Å². The highest BCUT2D eigenvalue weighted by Gasteiger charge is 2.29. The van der Waals surface area contributed by atoms with E-state index in [1.165, 1.54) is 30.8 Å². The first-order valence-electron chi connectivity index (χ1n) is 7.48. The van der Waals surface area contributed by atoms with Gasteiger partial charge in [0.05, 0.1) is 22.8 Å². The van der Waals surface area contributed by atoms with Crippen molar-refractivity contribution in [3.8, 4) is 0 Å². The summed E-state index contributed by atoms with van der Waals surface area (Å²) >= 11 is 1.18. The molecule has 0 saturated heterocycles. The molecule has 132 valence electrons. The van der Waals surface area contributed by atoms with Crippen LogP contribution in [0.25, 0.3) is 4.91 Å². The maximum Gasteiger partial charge on any atom is 0.341 e. The number of rotatable bonds is 5. The van der Waals surface area contributed by atoms with Crippen molar-refractivity contribution in [1.82, 2.24) is 5.32 Å². The molecule has 0 radical (unpaired) electrons. The fourth-order valence-electron chi connectivity index (χ4n) is 2.23. The van der Waals surface area contributed by atoms with Crippen molar-refractivity contribution in [3.63, 3.8) is 0 Å². The number of thioether (sulfide) groups is 1. The van der Waals surface area contributed by atoms with E-state index < -0.39 is 16.4 Å². The molecule has 0 aliphatic carbocycles. The number of nitro benzene ring substituents is 1. The molecule has 1 heterocycles. The molecular formula is C16H17N3O5S. The van der Waals surface area contributed by atoms with Crippen LogP contribution in [0.5, 0.6) is 0 Å². The second-order valence-electron chi connectivity index (χ2n) is 5.11. The van der Waals surface area contributed by atoms with Crippen molar-refractivity contribution in [1.29, 1.82) is 0 Å². The smallest absolute Gasteiger partial charge is 0.341 e. The van der Waals surface area contributed by atoms with Gasteiger partial charge >= 0.3 is 5.97 Å². The highest BCUT2D eigenvalue weighted by atomic mass is 32.2. The summed E-state index contributed by atoms with van der Waals surface area (Å²) in [7, 11) is 0. The Morgan fingerprint density at radius 2 is 2.00 bits per heavy atom. The molecule has 1 aromatic carbocycles. The summed E-state index contributed by atoms with van der Waals surface area (Å²) in [5.41, 5.74) is 0.711. The molecule has 0 bridgehead atoms. The van der Waals surface area contributed by atoms with E-state index in [0.717, 1.165) is 0 Å². The monoisotopic (exact) mass is 363 g/mol. The number of benzene rings is 1. The van der Waals surface area contributed by atoms with Crippen LogP contribution in [-0.2, 0) is 14.3 Å². The molecule has 25 heavy (non-hydrogen) atoms. The summed E-state index contributed by atoms with van der Waals surface area (Å²) < 4.78 is 5.10. The largest absolute Gasteiger partial charge is 0.462 e. The number of non-ortho nitro benzene ring substituents is 1. The zero-order valence-corrected chi connectivity index (χ0v) is 14.8. The summed E-state index contributed by atoms with van der Waals surface area (Å²) in [6.07, 6.45) is 0. The molecule has 1 unspecified atom stereocenters. The molecule has 0 fully saturated rings. The number of hydrogen-bond donors (Lipinski definition) is 1. The average molecular weight is 363 g/mol. The van der Waals surface area contributed by atoms with Gasteiger partial charge in [0.1, 0.15) is 0 Å². The molecule has 0 spiro atoms. The Labute approximate surface area is 148 Å². The van der Waals surface area contributed by atoms with Crippen LogP contribution < -0.4 is 5.32 Å². The second-order valence-corrected chi connectivity index (χ2v) is 6.20. The number of nitrogens with one attached hydrogen (secondary N) is 1. The van der Waals surface area contributed by atoms with Gasteiger partial charge in [-0.2, -0.15) is 0 Å². The Bertz CT molecular complexity index is 770. The summed E-state index contributed by atoms with van der Waals surface area (Å²) in [4.78, 5) is 38.8. The third-order valence-electron chi connectivity index (χ3n) is 3.28. The number of carbonyl (C=O) groups excluding carboxylic acids is 2. The Balaban J connectivity index is 2.48. The standard InChI is InChI=1S/C16H17N3O5S/c1-4-24-15(21)13-9(2)17-16(18-10(3)20)25-14(13)11-5-7-12(8-6-11)19(22)23/h5-8,16H,4H2,1-3H3,(H,18,20). The summed E-state index contributed by atoms with van der Waals surface area (Å²) in [5, 5.41) is 13.5. The van der Waals surface area contributed by atoms with Gasteiger partial charge in [0.2, 0.25) is 5.91 Å². The van der Waals surface area contributed by atoms with Gasteiger partial charge in [0, 0.05) is 24.0 Å². The molecule has 1 atom stereocenters. The number of hydrogen-bond acceptors (Lipinski definition) is 7. The van der Waals surface area contributed by atoms with Gasteiger partial charge in [0.15, 0.2) is 5.50 Å². The van der Waals surface area contributed by atoms with Crippen LogP contribution in [0, 0.1) is 10.1 Å². The molecule has 2 rings (SSSR count). The van der Waals surface area contributed by atoms with E-state index in [-0.39, 0.29) is 18.2 Å². The molecule has 1 N–H and O–H groups in total. The van der Waals surface area contributed by atoms with Gasteiger partial charge in [-0.3, -0.25) is 19.9 Å². The lowest BCUT2D eigenvalue weighted by Gasteiger charge is -2.24. The van der Waals surface area contributed by atoms with Crippen LogP contribution in [0.1, 0.15) is 26.3 Å². The molecule has 9 heteroatoms. The highest BCUT2D eigenvalue weighted by Crippen LogP contribution is 2.38. The van der Waals surface area contributed by atoms with E-state index in [2.05, 4.69) is 10.3 Å². The number of amides is 1. The van der Waals surface area contributed by atoms with Crippen LogP contribution in [0.15, 0.2) is 34.8 Å². The zero-order chi connectivity index (χ0) is 18.6.